The molecule has 0 saturated carbocycles. The van der Waals surface area contributed by atoms with Gasteiger partial charge >= 0.3 is 5.97 Å². The molecule has 0 bridgehead atoms. The van der Waals surface area contributed by atoms with Crippen LogP contribution in [0.5, 0.6) is 0 Å². The normalized spacial score (nSPS) is 9.71. The van der Waals surface area contributed by atoms with Crippen LogP contribution < -0.4 is 4.90 Å². The number of carboxylic acids is 1. The van der Waals surface area contributed by atoms with Gasteiger partial charge in [-0.15, -0.1) is 0 Å². The van der Waals surface area contributed by atoms with E-state index in [1.54, 1.807) is 11.9 Å². The lowest BCUT2D eigenvalue weighted by Gasteiger charge is -2.18. The first-order valence-electron chi connectivity index (χ1n) is 5.03. The van der Waals surface area contributed by atoms with Gasteiger partial charge in [0.2, 0.25) is 0 Å². The summed E-state index contributed by atoms with van der Waals surface area (Å²) in [4.78, 5) is 16.2. The molecule has 0 saturated heterocycles. The van der Waals surface area contributed by atoms with Crippen molar-refractivity contribution in [2.75, 3.05) is 18.5 Å². The predicted molar refractivity (Wildman–Crippen MR) is 64.1 cm³/mol. The van der Waals surface area contributed by atoms with E-state index in [9.17, 15) is 4.79 Å². The highest BCUT2D eigenvalue weighted by Crippen LogP contribution is 2.25. The molecule has 0 amide bonds. The van der Waals surface area contributed by atoms with Gasteiger partial charge < -0.3 is 10.0 Å². The van der Waals surface area contributed by atoms with Crippen LogP contribution in [0.3, 0.4) is 0 Å². The topological polar surface area (TPSA) is 77.2 Å². The van der Waals surface area contributed by atoms with Crippen molar-refractivity contribution in [1.29, 1.82) is 5.26 Å². The van der Waals surface area contributed by atoms with Crippen molar-refractivity contribution in [2.24, 2.45) is 0 Å². The van der Waals surface area contributed by atoms with E-state index < -0.39 is 5.97 Å². The molecule has 0 atom stereocenters. The molecule has 0 spiro atoms. The van der Waals surface area contributed by atoms with Crippen molar-refractivity contribution >= 4 is 23.4 Å². The molecule has 0 aliphatic rings. The highest BCUT2D eigenvalue weighted by molar-refractivity contribution is 6.34. The van der Waals surface area contributed by atoms with Crippen LogP contribution in [0.4, 0.5) is 5.82 Å². The molecule has 1 rings (SSSR count). The van der Waals surface area contributed by atoms with E-state index in [0.717, 1.165) is 0 Å². The molecular formula is C11H12ClN3O2. The summed E-state index contributed by atoms with van der Waals surface area (Å²) < 4.78 is 0. The molecule has 1 N–H and O–H groups in total. The Labute approximate surface area is 104 Å². The Bertz CT molecular complexity index is 457. The van der Waals surface area contributed by atoms with Gasteiger partial charge in [0.05, 0.1) is 5.56 Å². The number of hydrogen-bond donors (Lipinski definition) is 1. The molecule has 1 aromatic rings. The highest BCUT2D eigenvalue weighted by atomic mass is 35.5. The standard InChI is InChI=1S/C11H12ClN3O2/c1-15(6-2-3-9(16)17)11-10(12)8(7-13)4-5-14-11/h4-5H,2-3,6H2,1H3,(H,16,17). The van der Waals surface area contributed by atoms with Gasteiger partial charge in [-0.2, -0.15) is 5.26 Å². The lowest BCUT2D eigenvalue weighted by molar-refractivity contribution is -0.137. The SMILES string of the molecule is CN(CCCC(=O)O)c1nccc(C#N)c1Cl. The molecule has 0 aliphatic carbocycles. The Morgan fingerprint density at radius 3 is 3.00 bits per heavy atom. The van der Waals surface area contributed by atoms with E-state index in [-0.39, 0.29) is 6.42 Å². The second kappa shape index (κ2) is 6.06. The smallest absolute Gasteiger partial charge is 0.303 e. The monoisotopic (exact) mass is 253 g/mol. The first-order valence-corrected chi connectivity index (χ1v) is 5.41. The van der Waals surface area contributed by atoms with Crippen molar-refractivity contribution < 1.29 is 9.90 Å². The maximum atomic E-state index is 10.4. The minimum absolute atomic E-state index is 0.0971. The molecule has 90 valence electrons. The molecule has 17 heavy (non-hydrogen) atoms. The lowest BCUT2D eigenvalue weighted by atomic mass is 10.2. The quantitative estimate of drug-likeness (QED) is 0.867. The summed E-state index contributed by atoms with van der Waals surface area (Å²) in [6.45, 7) is 0.522. The van der Waals surface area contributed by atoms with Crippen LogP contribution in [-0.2, 0) is 4.79 Å². The summed E-state index contributed by atoms with van der Waals surface area (Å²) in [6, 6.07) is 3.51. The number of aliphatic carboxylic acids is 1. The van der Waals surface area contributed by atoms with Gasteiger partial charge in [0, 0.05) is 26.2 Å². The van der Waals surface area contributed by atoms with Gasteiger partial charge in [0.15, 0.2) is 0 Å². The van der Waals surface area contributed by atoms with Crippen molar-refractivity contribution in [1.82, 2.24) is 4.98 Å². The first-order chi connectivity index (χ1) is 8.06. The first kappa shape index (κ1) is 13.3. The Morgan fingerprint density at radius 2 is 2.41 bits per heavy atom. The second-order valence-corrected chi connectivity index (χ2v) is 3.90. The fourth-order valence-corrected chi connectivity index (χ4v) is 1.66. The summed E-state index contributed by atoms with van der Waals surface area (Å²) in [5.74, 6) is -0.334. The maximum Gasteiger partial charge on any atom is 0.303 e. The van der Waals surface area contributed by atoms with Crippen LogP contribution in [0.1, 0.15) is 18.4 Å². The van der Waals surface area contributed by atoms with E-state index in [1.807, 2.05) is 6.07 Å². The Morgan fingerprint density at radius 1 is 1.71 bits per heavy atom. The molecule has 5 nitrogen and oxygen atoms in total. The highest BCUT2D eigenvalue weighted by Gasteiger charge is 2.11. The average molecular weight is 254 g/mol. The van der Waals surface area contributed by atoms with Crippen LogP contribution in [-0.4, -0.2) is 29.7 Å². The molecule has 6 heteroatoms. The zero-order valence-electron chi connectivity index (χ0n) is 9.35. The van der Waals surface area contributed by atoms with Gasteiger partial charge in [-0.25, -0.2) is 4.98 Å². The fourth-order valence-electron chi connectivity index (χ4n) is 1.36. The van der Waals surface area contributed by atoms with Crippen molar-refractivity contribution in [3.8, 4) is 6.07 Å². The Kier molecular flexibility index (Phi) is 4.73. The molecular weight excluding hydrogens is 242 g/mol. The Balaban J connectivity index is 2.72. The molecule has 1 heterocycles. The molecule has 0 aliphatic heterocycles. The minimum Gasteiger partial charge on any atom is -0.481 e. The largest absolute Gasteiger partial charge is 0.481 e. The van der Waals surface area contributed by atoms with Crippen LogP contribution >= 0.6 is 11.6 Å². The van der Waals surface area contributed by atoms with E-state index >= 15 is 0 Å². The summed E-state index contributed by atoms with van der Waals surface area (Å²) >= 11 is 6.00. The summed E-state index contributed by atoms with van der Waals surface area (Å²) in [7, 11) is 1.76. The summed E-state index contributed by atoms with van der Waals surface area (Å²) in [5, 5.41) is 17.6. The van der Waals surface area contributed by atoms with Gasteiger partial charge in [-0.1, -0.05) is 11.6 Å². The summed E-state index contributed by atoms with van der Waals surface area (Å²) in [6.07, 6.45) is 2.11. The van der Waals surface area contributed by atoms with Gasteiger partial charge in [-0.3, -0.25) is 4.79 Å². The predicted octanol–water partition coefficient (Wildman–Crippen LogP) is 1.91. The van der Waals surface area contributed by atoms with Crippen molar-refractivity contribution in [2.45, 2.75) is 12.8 Å². The van der Waals surface area contributed by atoms with Crippen LogP contribution in [0.15, 0.2) is 12.3 Å². The molecule has 0 radical (unpaired) electrons. The van der Waals surface area contributed by atoms with E-state index in [1.165, 1.54) is 12.3 Å². The Hall–Kier alpha value is -1.80. The fraction of sp³-hybridized carbons (Fsp3) is 0.364. The second-order valence-electron chi connectivity index (χ2n) is 3.53. The third-order valence-electron chi connectivity index (χ3n) is 2.24. The summed E-state index contributed by atoms with van der Waals surface area (Å²) in [5.41, 5.74) is 0.363. The van der Waals surface area contributed by atoms with Crippen molar-refractivity contribution in [3.63, 3.8) is 0 Å². The molecule has 0 unspecified atom stereocenters. The van der Waals surface area contributed by atoms with Gasteiger partial charge in [0.1, 0.15) is 16.9 Å². The minimum atomic E-state index is -0.830. The number of nitrogens with zero attached hydrogens (tertiary/aromatic N) is 3. The van der Waals surface area contributed by atoms with Crippen LogP contribution in [0, 0.1) is 11.3 Å². The number of carbonyl (C=O) groups is 1. The maximum absolute atomic E-state index is 10.4. The number of anilines is 1. The molecule has 0 fully saturated rings. The van der Waals surface area contributed by atoms with Crippen molar-refractivity contribution in [3.05, 3.63) is 22.8 Å². The third-order valence-corrected chi connectivity index (χ3v) is 2.61. The van der Waals surface area contributed by atoms with Gasteiger partial charge in [0.25, 0.3) is 0 Å². The molecule has 0 aromatic carbocycles. The number of nitriles is 1. The number of hydrogen-bond acceptors (Lipinski definition) is 4. The van der Waals surface area contributed by atoms with E-state index in [2.05, 4.69) is 4.98 Å². The zero-order chi connectivity index (χ0) is 12.8. The lowest BCUT2D eigenvalue weighted by Crippen LogP contribution is -2.21. The zero-order valence-corrected chi connectivity index (χ0v) is 10.1. The number of aromatic nitrogens is 1. The van der Waals surface area contributed by atoms with E-state index in [0.29, 0.717) is 29.4 Å². The van der Waals surface area contributed by atoms with E-state index in [4.69, 9.17) is 22.0 Å². The van der Waals surface area contributed by atoms with Crippen LogP contribution in [0.2, 0.25) is 5.02 Å². The van der Waals surface area contributed by atoms with Gasteiger partial charge in [-0.05, 0) is 12.5 Å². The van der Waals surface area contributed by atoms with Crippen LogP contribution in [0.25, 0.3) is 0 Å². The number of carboxylic acid groups (broad SMARTS) is 1. The number of pyridine rings is 1. The number of rotatable bonds is 5. The average Bonchev–Trinajstić information content (AvgIpc) is 2.28. The number of halogens is 1. The molecule has 1 aromatic heterocycles. The third kappa shape index (κ3) is 3.61.